The predicted molar refractivity (Wildman–Crippen MR) is 86.5 cm³/mol. The molecule has 0 saturated carbocycles. The summed E-state index contributed by atoms with van der Waals surface area (Å²) in [5.41, 5.74) is 2.89. The molecular weight excluding hydrogens is 258 g/mol. The molecule has 0 aliphatic rings. The predicted octanol–water partition coefficient (Wildman–Crippen LogP) is 5.29. The van der Waals surface area contributed by atoms with Crippen molar-refractivity contribution in [1.82, 2.24) is 4.98 Å². The molecule has 2 aromatic heterocycles. The van der Waals surface area contributed by atoms with Gasteiger partial charge in [-0.2, -0.15) is 0 Å². The Morgan fingerprint density at radius 2 is 1.52 bits per heavy atom. The zero-order valence-electron chi connectivity index (χ0n) is 11.2. The van der Waals surface area contributed by atoms with Gasteiger partial charge in [-0.1, -0.05) is 30.3 Å². The van der Waals surface area contributed by atoms with Gasteiger partial charge in [0, 0.05) is 27.7 Å². The van der Waals surface area contributed by atoms with Crippen LogP contribution in [0.4, 0.5) is 0 Å². The minimum atomic E-state index is 0.909. The van der Waals surface area contributed by atoms with Crippen LogP contribution >= 0.6 is 0 Å². The molecule has 5 rings (SSSR count). The highest BCUT2D eigenvalue weighted by Crippen LogP contribution is 2.31. The third-order valence-electron chi connectivity index (χ3n) is 4.10. The van der Waals surface area contributed by atoms with E-state index in [2.05, 4.69) is 35.3 Å². The molecule has 0 bridgehead atoms. The Morgan fingerprint density at radius 3 is 2.52 bits per heavy atom. The standard InChI is InChI=1S/C19H11NO/c1-2-4-17-15(3-1)16-11-13-6-5-12-9-10-20-19(12)14(13)7-8-18(16)21-17/h1-11H. The summed E-state index contributed by atoms with van der Waals surface area (Å²) in [5, 5.41) is 5.82. The lowest BCUT2D eigenvalue weighted by Gasteiger charge is -1.94. The van der Waals surface area contributed by atoms with E-state index in [1.165, 1.54) is 10.8 Å². The van der Waals surface area contributed by atoms with Gasteiger partial charge in [0.25, 0.3) is 0 Å². The highest BCUT2D eigenvalue weighted by atomic mass is 16.3. The second-order valence-electron chi connectivity index (χ2n) is 5.30. The molecule has 21 heavy (non-hydrogen) atoms. The van der Waals surface area contributed by atoms with Crippen molar-refractivity contribution in [3.63, 3.8) is 0 Å². The number of rotatable bonds is 0. The number of hydrogen-bond acceptors (Lipinski definition) is 2. The first kappa shape index (κ1) is 10.9. The normalized spacial score (nSPS) is 11.8. The maximum atomic E-state index is 5.96. The molecule has 0 N–H and O–H groups in total. The molecule has 0 amide bonds. The zero-order valence-corrected chi connectivity index (χ0v) is 11.2. The lowest BCUT2D eigenvalue weighted by Crippen LogP contribution is -1.71. The van der Waals surface area contributed by atoms with E-state index in [4.69, 9.17) is 4.42 Å². The summed E-state index contributed by atoms with van der Waals surface area (Å²) in [5.74, 6) is 0. The topological polar surface area (TPSA) is 26.0 Å². The minimum Gasteiger partial charge on any atom is -0.456 e. The van der Waals surface area contributed by atoms with E-state index in [-0.39, 0.29) is 0 Å². The van der Waals surface area contributed by atoms with Crippen molar-refractivity contribution in [2.24, 2.45) is 0 Å². The summed E-state index contributed by atoms with van der Waals surface area (Å²) in [6.45, 7) is 0. The number of para-hydroxylation sites is 1. The van der Waals surface area contributed by atoms with E-state index in [1.807, 2.05) is 36.5 Å². The molecule has 2 heteroatoms. The zero-order chi connectivity index (χ0) is 13.8. The van der Waals surface area contributed by atoms with Crippen molar-refractivity contribution in [1.29, 1.82) is 0 Å². The Kier molecular flexibility index (Phi) is 1.98. The molecule has 98 valence electrons. The summed E-state index contributed by atoms with van der Waals surface area (Å²) in [7, 11) is 0. The highest BCUT2D eigenvalue weighted by molar-refractivity contribution is 6.12. The Bertz CT molecular complexity index is 1140. The smallest absolute Gasteiger partial charge is 0.135 e. The van der Waals surface area contributed by atoms with Crippen LogP contribution in [-0.4, -0.2) is 4.98 Å². The van der Waals surface area contributed by atoms with E-state index < -0.39 is 0 Å². The first-order chi connectivity index (χ1) is 10.4. The first-order valence-corrected chi connectivity index (χ1v) is 6.99. The van der Waals surface area contributed by atoms with Gasteiger partial charge >= 0.3 is 0 Å². The monoisotopic (exact) mass is 269 g/mol. The molecule has 0 radical (unpaired) electrons. The van der Waals surface area contributed by atoms with Gasteiger partial charge in [0.15, 0.2) is 0 Å². The van der Waals surface area contributed by atoms with E-state index in [0.717, 1.165) is 32.8 Å². The molecule has 0 spiro atoms. The SMILES string of the molecule is c1ccc2c(c1)oc1ccc3c(ccc4ccnc43)cc12. The van der Waals surface area contributed by atoms with Crippen molar-refractivity contribution >= 4 is 43.6 Å². The number of nitrogens with zero attached hydrogens (tertiary/aromatic N) is 1. The third-order valence-corrected chi connectivity index (χ3v) is 4.10. The van der Waals surface area contributed by atoms with Crippen LogP contribution in [0.3, 0.4) is 0 Å². The second-order valence-corrected chi connectivity index (χ2v) is 5.30. The van der Waals surface area contributed by atoms with E-state index in [0.29, 0.717) is 0 Å². The van der Waals surface area contributed by atoms with Gasteiger partial charge in [-0.25, -0.2) is 0 Å². The Morgan fingerprint density at radius 1 is 0.667 bits per heavy atom. The number of hydrogen-bond donors (Lipinski definition) is 0. The number of benzene rings is 2. The van der Waals surface area contributed by atoms with Crippen molar-refractivity contribution in [3.8, 4) is 0 Å². The van der Waals surface area contributed by atoms with Gasteiger partial charge in [-0.05, 0) is 35.7 Å². The number of furan rings is 1. The van der Waals surface area contributed by atoms with Crippen LogP contribution in [0.25, 0.3) is 43.6 Å². The van der Waals surface area contributed by atoms with Gasteiger partial charge in [-0.3, -0.25) is 4.98 Å². The fourth-order valence-corrected chi connectivity index (χ4v) is 3.08. The highest BCUT2D eigenvalue weighted by Gasteiger charge is 2.07. The average Bonchev–Trinajstić information content (AvgIpc) is 3.07. The van der Waals surface area contributed by atoms with Gasteiger partial charge in [0.05, 0.1) is 5.52 Å². The summed E-state index contributed by atoms with van der Waals surface area (Å²) < 4.78 is 5.96. The van der Waals surface area contributed by atoms with Crippen LogP contribution < -0.4 is 0 Å². The van der Waals surface area contributed by atoms with Crippen LogP contribution in [0.15, 0.2) is 71.3 Å². The third kappa shape index (κ3) is 1.44. The summed E-state index contributed by atoms with van der Waals surface area (Å²) in [6, 6.07) is 20.8. The fourth-order valence-electron chi connectivity index (χ4n) is 3.08. The van der Waals surface area contributed by atoms with Gasteiger partial charge in [0.1, 0.15) is 11.2 Å². The molecule has 0 unspecified atom stereocenters. The number of fused-ring (bicyclic) bond motifs is 6. The van der Waals surface area contributed by atoms with Crippen molar-refractivity contribution in [2.75, 3.05) is 0 Å². The van der Waals surface area contributed by atoms with Crippen LogP contribution in [0.5, 0.6) is 0 Å². The molecule has 0 fully saturated rings. The largest absolute Gasteiger partial charge is 0.456 e. The maximum absolute atomic E-state index is 5.96. The molecule has 0 aliphatic heterocycles. The van der Waals surface area contributed by atoms with Gasteiger partial charge < -0.3 is 4.42 Å². The van der Waals surface area contributed by atoms with Gasteiger partial charge in [0.2, 0.25) is 0 Å². The van der Waals surface area contributed by atoms with Crippen LogP contribution in [-0.2, 0) is 0 Å². The summed E-state index contributed by atoms with van der Waals surface area (Å²) >= 11 is 0. The lowest BCUT2D eigenvalue weighted by molar-refractivity contribution is 0.669. The molecule has 5 aromatic rings. The average molecular weight is 269 g/mol. The molecule has 3 aromatic carbocycles. The van der Waals surface area contributed by atoms with Crippen LogP contribution in [0.1, 0.15) is 0 Å². The first-order valence-electron chi connectivity index (χ1n) is 6.99. The van der Waals surface area contributed by atoms with Gasteiger partial charge in [-0.15, -0.1) is 0 Å². The van der Waals surface area contributed by atoms with Crippen molar-refractivity contribution in [2.45, 2.75) is 0 Å². The Labute approximate surface area is 120 Å². The van der Waals surface area contributed by atoms with E-state index in [1.54, 1.807) is 0 Å². The molecular formula is C19H11NO. The minimum absolute atomic E-state index is 0.909. The second kappa shape index (κ2) is 3.83. The molecule has 2 heterocycles. The number of aromatic nitrogens is 1. The molecule has 0 aliphatic carbocycles. The van der Waals surface area contributed by atoms with Crippen LogP contribution in [0, 0.1) is 0 Å². The van der Waals surface area contributed by atoms with Crippen molar-refractivity contribution in [3.05, 3.63) is 66.9 Å². The molecule has 0 atom stereocenters. The van der Waals surface area contributed by atoms with E-state index >= 15 is 0 Å². The molecule has 0 saturated heterocycles. The fraction of sp³-hybridized carbons (Fsp3) is 0. The lowest BCUT2D eigenvalue weighted by atomic mass is 10.1. The Balaban J connectivity index is 2.05. The quantitative estimate of drug-likeness (QED) is 0.382. The summed E-state index contributed by atoms with van der Waals surface area (Å²) in [4.78, 5) is 4.48. The van der Waals surface area contributed by atoms with Crippen molar-refractivity contribution < 1.29 is 4.42 Å². The maximum Gasteiger partial charge on any atom is 0.135 e. The molecule has 2 nitrogen and oxygen atoms in total. The summed E-state index contributed by atoms with van der Waals surface area (Å²) in [6.07, 6.45) is 1.86. The van der Waals surface area contributed by atoms with E-state index in [9.17, 15) is 0 Å². The van der Waals surface area contributed by atoms with Crippen LogP contribution in [0.2, 0.25) is 0 Å². The Hall–Kier alpha value is -2.87.